The van der Waals surface area contributed by atoms with Crippen LogP contribution in [0.25, 0.3) is 0 Å². The maximum atomic E-state index is 11.8. The molecule has 5 nitrogen and oxygen atoms in total. The first kappa shape index (κ1) is 28.1. The fourth-order valence-electron chi connectivity index (χ4n) is 3.96. The van der Waals surface area contributed by atoms with Crippen molar-refractivity contribution in [3.8, 4) is 0 Å². The lowest BCUT2D eigenvalue weighted by molar-refractivity contribution is -0.129. The summed E-state index contributed by atoms with van der Waals surface area (Å²) in [5, 5.41) is 2.83. The highest BCUT2D eigenvalue weighted by Gasteiger charge is 2.40. The Morgan fingerprint density at radius 1 is 0.839 bits per heavy atom. The maximum Gasteiger partial charge on any atom is 0.407 e. The number of thioether (sulfide) groups is 1. The molecule has 1 amide bonds. The molecule has 1 heterocycles. The molecule has 1 fully saturated rings. The van der Waals surface area contributed by atoms with Gasteiger partial charge in [-0.3, -0.25) is 4.79 Å². The van der Waals surface area contributed by atoms with Crippen molar-refractivity contribution in [3.63, 3.8) is 0 Å². The Bertz CT molecular complexity index is 443. The third-order valence-corrected chi connectivity index (χ3v) is 7.61. The van der Waals surface area contributed by atoms with Crippen molar-refractivity contribution in [2.75, 3.05) is 25.5 Å². The van der Waals surface area contributed by atoms with Gasteiger partial charge in [0.2, 0.25) is 0 Å². The molecule has 31 heavy (non-hydrogen) atoms. The molecule has 1 N–H and O–H groups in total. The summed E-state index contributed by atoms with van der Waals surface area (Å²) >= 11 is 1.70. The molecule has 0 saturated carbocycles. The van der Waals surface area contributed by atoms with E-state index in [4.69, 9.17) is 9.47 Å². The summed E-state index contributed by atoms with van der Waals surface area (Å²) in [7, 11) is 0. The first-order chi connectivity index (χ1) is 15.2. The molecule has 6 heteroatoms. The van der Waals surface area contributed by atoms with Gasteiger partial charge in [0.1, 0.15) is 13.2 Å². The van der Waals surface area contributed by atoms with Gasteiger partial charge in [0, 0.05) is 6.54 Å². The van der Waals surface area contributed by atoms with Crippen molar-refractivity contribution in [1.82, 2.24) is 5.32 Å². The van der Waals surface area contributed by atoms with Gasteiger partial charge in [0.25, 0.3) is 6.47 Å². The minimum atomic E-state index is -0.362. The van der Waals surface area contributed by atoms with E-state index in [2.05, 4.69) is 12.2 Å². The standard InChI is InChI=1S/C25H47NO4S/c1-2-3-4-5-6-7-8-9-10-11-12-13-14-15-16-17-19-26-24(28)30-22-25(18-20-31-25)21-29-23-27/h23H,2-22H2,1H3,(H,26,28). The third kappa shape index (κ3) is 15.5. The third-order valence-electron chi connectivity index (χ3n) is 6.15. The van der Waals surface area contributed by atoms with Gasteiger partial charge in [-0.1, -0.05) is 103 Å². The van der Waals surface area contributed by atoms with Crippen molar-refractivity contribution in [2.45, 2.75) is 121 Å². The van der Waals surface area contributed by atoms with Crippen LogP contribution in [0.5, 0.6) is 0 Å². The lowest BCUT2D eigenvalue weighted by Gasteiger charge is -2.39. The normalized spacial score (nSPS) is 17.7. The number of hydrogen-bond acceptors (Lipinski definition) is 5. The molecule has 1 aliphatic heterocycles. The van der Waals surface area contributed by atoms with Gasteiger partial charge in [-0.2, -0.15) is 0 Å². The largest absolute Gasteiger partial charge is 0.466 e. The van der Waals surface area contributed by atoms with E-state index in [1.54, 1.807) is 11.8 Å². The summed E-state index contributed by atoms with van der Waals surface area (Å²) in [4.78, 5) is 22.2. The number of unbranched alkanes of at least 4 members (excludes halogenated alkanes) is 15. The van der Waals surface area contributed by atoms with E-state index in [9.17, 15) is 9.59 Å². The fourth-order valence-corrected chi connectivity index (χ4v) is 5.03. The van der Waals surface area contributed by atoms with Crippen LogP contribution in [-0.2, 0) is 14.3 Å². The Hall–Kier alpha value is -0.910. The average molecular weight is 458 g/mol. The van der Waals surface area contributed by atoms with Crippen LogP contribution in [-0.4, -0.2) is 42.8 Å². The first-order valence-electron chi connectivity index (χ1n) is 12.8. The van der Waals surface area contributed by atoms with Crippen LogP contribution in [0, 0.1) is 0 Å². The number of carbonyl (C=O) groups is 2. The second-order valence-corrected chi connectivity index (χ2v) is 10.6. The number of nitrogens with one attached hydrogen (secondary N) is 1. The highest BCUT2D eigenvalue weighted by molar-refractivity contribution is 8.02. The summed E-state index contributed by atoms with van der Waals surface area (Å²) in [6, 6.07) is 0. The van der Waals surface area contributed by atoms with Crippen LogP contribution in [0.15, 0.2) is 0 Å². The van der Waals surface area contributed by atoms with Gasteiger partial charge in [-0.15, -0.1) is 11.8 Å². The van der Waals surface area contributed by atoms with Crippen molar-refractivity contribution >= 4 is 24.3 Å². The van der Waals surface area contributed by atoms with Crippen molar-refractivity contribution in [3.05, 3.63) is 0 Å². The highest BCUT2D eigenvalue weighted by Crippen LogP contribution is 2.41. The molecule has 1 saturated heterocycles. The summed E-state index contributed by atoms with van der Waals surface area (Å²) in [5.41, 5.74) is 0. The summed E-state index contributed by atoms with van der Waals surface area (Å²) in [6.07, 6.45) is 22.1. The van der Waals surface area contributed by atoms with Gasteiger partial charge in [0.05, 0.1) is 4.75 Å². The Labute approximate surface area is 195 Å². The van der Waals surface area contributed by atoms with E-state index >= 15 is 0 Å². The number of rotatable bonds is 22. The second-order valence-electron chi connectivity index (χ2n) is 8.99. The second kappa shape index (κ2) is 19.8. The Morgan fingerprint density at radius 3 is 1.74 bits per heavy atom. The Kier molecular flexibility index (Phi) is 17.9. The molecule has 1 aliphatic rings. The monoisotopic (exact) mass is 457 g/mol. The molecule has 0 spiro atoms. The molecule has 0 radical (unpaired) electrons. The van der Waals surface area contributed by atoms with E-state index in [-0.39, 0.29) is 10.8 Å². The molecule has 0 aromatic carbocycles. The maximum absolute atomic E-state index is 11.8. The van der Waals surface area contributed by atoms with E-state index < -0.39 is 0 Å². The number of amides is 1. The zero-order chi connectivity index (χ0) is 22.5. The molecule has 0 aliphatic carbocycles. The Morgan fingerprint density at radius 2 is 1.32 bits per heavy atom. The highest BCUT2D eigenvalue weighted by atomic mass is 32.2. The number of carbonyl (C=O) groups excluding carboxylic acids is 2. The molecular formula is C25H47NO4S. The van der Waals surface area contributed by atoms with Gasteiger partial charge in [-0.05, 0) is 18.6 Å². The van der Waals surface area contributed by atoms with E-state index in [1.807, 2.05) is 0 Å². The number of alkyl carbamates (subject to hydrolysis) is 1. The topological polar surface area (TPSA) is 64.6 Å². The predicted octanol–water partition coefficient (Wildman–Crippen LogP) is 7.02. The fraction of sp³-hybridized carbons (Fsp3) is 0.920. The minimum absolute atomic E-state index is 0.230. The smallest absolute Gasteiger partial charge is 0.407 e. The molecule has 1 rings (SSSR count). The molecule has 182 valence electrons. The molecule has 1 atom stereocenters. The van der Waals surface area contributed by atoms with Crippen molar-refractivity contribution in [1.29, 1.82) is 0 Å². The van der Waals surface area contributed by atoms with Crippen LogP contribution >= 0.6 is 11.8 Å². The molecule has 0 aromatic heterocycles. The first-order valence-corrected chi connectivity index (χ1v) is 13.8. The summed E-state index contributed by atoms with van der Waals surface area (Å²) in [6.45, 7) is 4.02. The Balaban J connectivity index is 1.78. The van der Waals surface area contributed by atoms with Crippen molar-refractivity contribution in [2.24, 2.45) is 0 Å². The van der Waals surface area contributed by atoms with Crippen molar-refractivity contribution < 1.29 is 19.1 Å². The lowest BCUT2D eigenvalue weighted by Crippen LogP contribution is -2.45. The van der Waals surface area contributed by atoms with Gasteiger partial charge in [-0.25, -0.2) is 4.79 Å². The number of ether oxygens (including phenoxy) is 2. The predicted molar refractivity (Wildman–Crippen MR) is 131 cm³/mol. The van der Waals surface area contributed by atoms with Gasteiger partial charge < -0.3 is 14.8 Å². The average Bonchev–Trinajstić information content (AvgIpc) is 2.75. The number of hydrogen-bond donors (Lipinski definition) is 1. The molecule has 0 aromatic rings. The van der Waals surface area contributed by atoms with Crippen LogP contribution in [0.3, 0.4) is 0 Å². The molecule has 0 bridgehead atoms. The molecule has 1 unspecified atom stereocenters. The van der Waals surface area contributed by atoms with Gasteiger partial charge in [0.15, 0.2) is 0 Å². The van der Waals surface area contributed by atoms with Crippen LogP contribution in [0.4, 0.5) is 4.79 Å². The van der Waals surface area contributed by atoms with Crippen LogP contribution < -0.4 is 5.32 Å². The lowest BCUT2D eigenvalue weighted by atomic mass is 10.0. The van der Waals surface area contributed by atoms with E-state index in [1.165, 1.54) is 89.9 Å². The quantitative estimate of drug-likeness (QED) is 0.140. The zero-order valence-corrected chi connectivity index (χ0v) is 20.8. The SMILES string of the molecule is CCCCCCCCCCCCCCCCCCNC(=O)OCC1(COC=O)CCS1. The summed E-state index contributed by atoms with van der Waals surface area (Å²) in [5.74, 6) is 1.02. The summed E-state index contributed by atoms with van der Waals surface area (Å²) < 4.78 is 9.94. The van der Waals surface area contributed by atoms with E-state index in [0.717, 1.165) is 25.0 Å². The minimum Gasteiger partial charge on any atom is -0.466 e. The van der Waals surface area contributed by atoms with Crippen LogP contribution in [0.2, 0.25) is 0 Å². The van der Waals surface area contributed by atoms with E-state index in [0.29, 0.717) is 26.2 Å². The van der Waals surface area contributed by atoms with Crippen LogP contribution in [0.1, 0.15) is 116 Å². The van der Waals surface area contributed by atoms with Gasteiger partial charge >= 0.3 is 6.09 Å². The zero-order valence-electron chi connectivity index (χ0n) is 20.0. The molecular weight excluding hydrogens is 410 g/mol.